The highest BCUT2D eigenvalue weighted by molar-refractivity contribution is 4.83. The Bertz CT molecular complexity index is 187. The summed E-state index contributed by atoms with van der Waals surface area (Å²) in [4.78, 5) is 2.46. The maximum absolute atomic E-state index is 10.4. The second kappa shape index (κ2) is 7.25. The van der Waals surface area contributed by atoms with Gasteiger partial charge in [-0.2, -0.15) is 0 Å². The summed E-state index contributed by atoms with van der Waals surface area (Å²) >= 11 is 0. The van der Waals surface area contributed by atoms with Gasteiger partial charge in [0.15, 0.2) is 0 Å². The lowest BCUT2D eigenvalue weighted by molar-refractivity contribution is -0.0548. The van der Waals surface area contributed by atoms with Crippen molar-refractivity contribution in [2.45, 2.75) is 51.6 Å². The van der Waals surface area contributed by atoms with Crippen LogP contribution in [0.1, 0.15) is 46.0 Å². The van der Waals surface area contributed by atoms with Gasteiger partial charge in [-0.25, -0.2) is 0 Å². The van der Waals surface area contributed by atoms with Gasteiger partial charge in [0.2, 0.25) is 0 Å². The fourth-order valence-corrected chi connectivity index (χ4v) is 2.33. The molecule has 1 rings (SSSR count). The zero-order chi connectivity index (χ0) is 11.9. The summed E-state index contributed by atoms with van der Waals surface area (Å²) in [5.41, 5.74) is -0.572. The maximum atomic E-state index is 10.4. The van der Waals surface area contributed by atoms with Gasteiger partial charge in [-0.15, -0.1) is 0 Å². The molecule has 1 N–H and O–H groups in total. The van der Waals surface area contributed by atoms with Crippen molar-refractivity contribution in [2.24, 2.45) is 0 Å². The monoisotopic (exact) mass is 229 g/mol. The lowest BCUT2D eigenvalue weighted by Gasteiger charge is -2.26. The Balaban J connectivity index is 2.32. The van der Waals surface area contributed by atoms with Gasteiger partial charge in [-0.3, -0.25) is 0 Å². The van der Waals surface area contributed by atoms with Crippen molar-refractivity contribution in [2.75, 3.05) is 32.8 Å². The highest BCUT2D eigenvalue weighted by atomic mass is 16.5. The van der Waals surface area contributed by atoms with Crippen LogP contribution in [-0.4, -0.2) is 48.5 Å². The minimum Gasteiger partial charge on any atom is -0.387 e. The van der Waals surface area contributed by atoms with Gasteiger partial charge in [0.05, 0.1) is 12.2 Å². The van der Waals surface area contributed by atoms with Crippen molar-refractivity contribution in [1.29, 1.82) is 0 Å². The summed E-state index contributed by atoms with van der Waals surface area (Å²) in [6.07, 6.45) is 5.06. The number of ether oxygens (including phenoxy) is 1. The molecule has 96 valence electrons. The third-order valence-corrected chi connectivity index (χ3v) is 3.27. The standard InChI is InChI=1S/C13H27NO2/c1-3-8-14-9-5-6-13(15,7-10-14)12-16-11-4-2/h15H,3-12H2,1-2H3. The number of hydrogen-bond donors (Lipinski definition) is 1. The first-order valence-corrected chi connectivity index (χ1v) is 6.72. The number of rotatable bonds is 6. The summed E-state index contributed by atoms with van der Waals surface area (Å²) in [6.45, 7) is 8.89. The Hall–Kier alpha value is -0.120. The Kier molecular flexibility index (Phi) is 6.32. The molecule has 0 aromatic rings. The van der Waals surface area contributed by atoms with Crippen LogP contribution in [0.2, 0.25) is 0 Å². The average Bonchev–Trinajstić information content (AvgIpc) is 2.43. The number of hydrogen-bond acceptors (Lipinski definition) is 3. The lowest BCUT2D eigenvalue weighted by atomic mass is 9.96. The molecule has 1 fully saturated rings. The molecule has 0 spiro atoms. The molecule has 1 aliphatic heterocycles. The van der Waals surface area contributed by atoms with Crippen LogP contribution < -0.4 is 0 Å². The molecular formula is C13H27NO2. The van der Waals surface area contributed by atoms with E-state index in [1.807, 2.05) is 0 Å². The highest BCUT2D eigenvalue weighted by Gasteiger charge is 2.29. The molecule has 1 saturated heterocycles. The molecule has 0 saturated carbocycles. The van der Waals surface area contributed by atoms with Crippen LogP contribution in [0, 0.1) is 0 Å². The Morgan fingerprint density at radius 2 is 2.00 bits per heavy atom. The highest BCUT2D eigenvalue weighted by Crippen LogP contribution is 2.22. The number of likely N-dealkylation sites (tertiary alicyclic amines) is 1. The molecule has 0 aromatic heterocycles. The van der Waals surface area contributed by atoms with Crippen molar-refractivity contribution in [3.63, 3.8) is 0 Å². The van der Waals surface area contributed by atoms with Crippen LogP contribution in [0.5, 0.6) is 0 Å². The summed E-state index contributed by atoms with van der Waals surface area (Å²) in [5.74, 6) is 0. The van der Waals surface area contributed by atoms with E-state index in [0.717, 1.165) is 51.9 Å². The Labute approximate surface area is 99.8 Å². The van der Waals surface area contributed by atoms with Gasteiger partial charge in [0, 0.05) is 13.2 Å². The van der Waals surface area contributed by atoms with E-state index in [1.54, 1.807) is 0 Å². The molecule has 0 amide bonds. The molecule has 3 heteroatoms. The first-order valence-electron chi connectivity index (χ1n) is 6.72. The smallest absolute Gasteiger partial charge is 0.0892 e. The number of aliphatic hydroxyl groups is 1. The molecule has 1 aliphatic rings. The van der Waals surface area contributed by atoms with Crippen LogP contribution in [0.3, 0.4) is 0 Å². The molecule has 1 atom stereocenters. The Morgan fingerprint density at radius 1 is 1.19 bits per heavy atom. The third kappa shape index (κ3) is 4.81. The van der Waals surface area contributed by atoms with Crippen LogP contribution >= 0.6 is 0 Å². The van der Waals surface area contributed by atoms with Gasteiger partial charge in [0.25, 0.3) is 0 Å². The van der Waals surface area contributed by atoms with E-state index >= 15 is 0 Å². The zero-order valence-corrected chi connectivity index (χ0v) is 10.9. The largest absolute Gasteiger partial charge is 0.387 e. The molecule has 0 aromatic carbocycles. The van der Waals surface area contributed by atoms with Crippen LogP contribution in [0.25, 0.3) is 0 Å². The second-order valence-corrected chi connectivity index (χ2v) is 4.97. The molecule has 1 unspecified atom stereocenters. The first-order chi connectivity index (χ1) is 7.70. The summed E-state index contributed by atoms with van der Waals surface area (Å²) < 4.78 is 5.51. The molecule has 16 heavy (non-hydrogen) atoms. The topological polar surface area (TPSA) is 32.7 Å². The molecule has 0 radical (unpaired) electrons. The first kappa shape index (κ1) is 13.9. The van der Waals surface area contributed by atoms with Crippen molar-refractivity contribution < 1.29 is 9.84 Å². The second-order valence-electron chi connectivity index (χ2n) is 4.97. The van der Waals surface area contributed by atoms with Crippen molar-refractivity contribution in [3.05, 3.63) is 0 Å². The van der Waals surface area contributed by atoms with Gasteiger partial charge in [-0.05, 0) is 45.2 Å². The van der Waals surface area contributed by atoms with E-state index in [2.05, 4.69) is 18.7 Å². The number of nitrogens with zero attached hydrogens (tertiary/aromatic N) is 1. The van der Waals surface area contributed by atoms with E-state index < -0.39 is 5.60 Å². The summed E-state index contributed by atoms with van der Waals surface area (Å²) in [7, 11) is 0. The molecule has 3 nitrogen and oxygen atoms in total. The van der Waals surface area contributed by atoms with Gasteiger partial charge >= 0.3 is 0 Å². The average molecular weight is 229 g/mol. The third-order valence-electron chi connectivity index (χ3n) is 3.27. The van der Waals surface area contributed by atoms with Gasteiger partial charge in [-0.1, -0.05) is 13.8 Å². The van der Waals surface area contributed by atoms with Crippen molar-refractivity contribution >= 4 is 0 Å². The quantitative estimate of drug-likeness (QED) is 0.708. The minimum absolute atomic E-state index is 0.515. The molecule has 0 bridgehead atoms. The maximum Gasteiger partial charge on any atom is 0.0892 e. The summed E-state index contributed by atoms with van der Waals surface area (Å²) in [5, 5.41) is 10.4. The Morgan fingerprint density at radius 3 is 2.69 bits per heavy atom. The molecular weight excluding hydrogens is 202 g/mol. The molecule has 0 aliphatic carbocycles. The fourth-order valence-electron chi connectivity index (χ4n) is 2.33. The van der Waals surface area contributed by atoms with E-state index in [9.17, 15) is 5.11 Å². The lowest BCUT2D eigenvalue weighted by Crippen LogP contribution is -2.36. The van der Waals surface area contributed by atoms with Crippen molar-refractivity contribution in [3.8, 4) is 0 Å². The van der Waals surface area contributed by atoms with E-state index in [0.29, 0.717) is 6.61 Å². The van der Waals surface area contributed by atoms with Crippen molar-refractivity contribution in [1.82, 2.24) is 4.90 Å². The van der Waals surface area contributed by atoms with Crippen LogP contribution in [0.15, 0.2) is 0 Å². The van der Waals surface area contributed by atoms with Gasteiger partial charge < -0.3 is 14.7 Å². The fraction of sp³-hybridized carbons (Fsp3) is 1.00. The normalized spacial score (nSPS) is 27.9. The molecule has 1 heterocycles. The van der Waals surface area contributed by atoms with E-state index in [-0.39, 0.29) is 0 Å². The van der Waals surface area contributed by atoms with Gasteiger partial charge in [0.1, 0.15) is 0 Å². The SMILES string of the molecule is CCCOCC1(O)CCCN(CCC)CC1. The van der Waals surface area contributed by atoms with E-state index in [4.69, 9.17) is 4.74 Å². The predicted octanol–water partition coefficient (Wildman–Crippen LogP) is 2.04. The van der Waals surface area contributed by atoms with Crippen LogP contribution in [-0.2, 0) is 4.74 Å². The predicted molar refractivity (Wildman–Crippen MR) is 66.6 cm³/mol. The summed E-state index contributed by atoms with van der Waals surface area (Å²) in [6, 6.07) is 0. The van der Waals surface area contributed by atoms with Crippen LogP contribution in [0.4, 0.5) is 0 Å². The zero-order valence-electron chi connectivity index (χ0n) is 10.9. The van der Waals surface area contributed by atoms with E-state index in [1.165, 1.54) is 6.42 Å². The minimum atomic E-state index is -0.572.